The van der Waals surface area contributed by atoms with Crippen LogP contribution in [0.2, 0.25) is 0 Å². The molecule has 0 radical (unpaired) electrons. The van der Waals surface area contributed by atoms with Crippen molar-refractivity contribution in [1.29, 1.82) is 0 Å². The molecule has 110 valence electrons. The fourth-order valence-corrected chi connectivity index (χ4v) is 2.01. The number of ether oxygens (including phenoxy) is 1. The summed E-state index contributed by atoms with van der Waals surface area (Å²) in [6, 6.07) is 5.95. The fourth-order valence-electron chi connectivity index (χ4n) is 2.01. The Balaban J connectivity index is 0.00000400. The van der Waals surface area contributed by atoms with Crippen LogP contribution in [0.5, 0.6) is 0 Å². The number of aromatic carboxylic acids is 1. The summed E-state index contributed by atoms with van der Waals surface area (Å²) in [6.45, 7) is 4.51. The van der Waals surface area contributed by atoms with Gasteiger partial charge in [0.1, 0.15) is 0 Å². The smallest absolute Gasteiger partial charge is 0.545 e. The Bertz CT molecular complexity index is 459. The Labute approximate surface area is 148 Å². The van der Waals surface area contributed by atoms with Crippen molar-refractivity contribution in [3.05, 3.63) is 35.4 Å². The number of rotatable bonds is 8. The first-order valence-electron chi connectivity index (χ1n) is 7.07. The number of hydrogen-bond donors (Lipinski definition) is 0. The first-order valence-corrected chi connectivity index (χ1v) is 7.07. The third kappa shape index (κ3) is 6.64. The number of hydrogen-bond acceptors (Lipinski definition) is 4. The predicted molar refractivity (Wildman–Crippen MR) is 74.4 cm³/mol. The molecule has 0 N–H and O–H groups in total. The molecule has 0 spiro atoms. The minimum Gasteiger partial charge on any atom is -0.545 e. The van der Waals surface area contributed by atoms with Crippen molar-refractivity contribution in [2.45, 2.75) is 39.5 Å². The Morgan fingerprint density at radius 2 is 1.81 bits per heavy atom. The van der Waals surface area contributed by atoms with Gasteiger partial charge in [-0.25, -0.2) is 4.79 Å². The topological polar surface area (TPSA) is 66.4 Å². The SMILES string of the molecule is CCCCC(CC)COC(=O)c1ccccc1C(=O)[O-].[Na+]. The zero-order chi connectivity index (χ0) is 15.0. The molecule has 1 unspecified atom stereocenters. The molecule has 1 aromatic carbocycles. The molecule has 0 fully saturated rings. The molecule has 0 amide bonds. The third-order valence-corrected chi connectivity index (χ3v) is 3.36. The van der Waals surface area contributed by atoms with Crippen LogP contribution in [0.3, 0.4) is 0 Å². The molecule has 1 atom stereocenters. The molecule has 0 aromatic heterocycles. The van der Waals surface area contributed by atoms with E-state index in [2.05, 4.69) is 13.8 Å². The van der Waals surface area contributed by atoms with Gasteiger partial charge in [0.2, 0.25) is 0 Å². The van der Waals surface area contributed by atoms with Crippen LogP contribution < -0.4 is 34.7 Å². The number of carboxylic acid groups (broad SMARTS) is 1. The molecule has 5 heteroatoms. The second kappa shape index (κ2) is 10.8. The summed E-state index contributed by atoms with van der Waals surface area (Å²) in [5.41, 5.74) is -0.0723. The minimum absolute atomic E-state index is 0. The number of esters is 1. The zero-order valence-electron chi connectivity index (χ0n) is 13.1. The van der Waals surface area contributed by atoms with Gasteiger partial charge in [0.05, 0.1) is 18.1 Å². The van der Waals surface area contributed by atoms with E-state index in [1.165, 1.54) is 12.1 Å². The standard InChI is InChI=1S/C16H22O4.Na/c1-3-5-8-12(4-2)11-20-16(19)14-10-7-6-9-13(14)15(17)18;/h6-7,9-10,12H,3-5,8,11H2,1-2H3,(H,17,18);/q;+1/p-1. The van der Waals surface area contributed by atoms with E-state index < -0.39 is 11.9 Å². The van der Waals surface area contributed by atoms with E-state index in [4.69, 9.17) is 4.74 Å². The van der Waals surface area contributed by atoms with Crippen molar-refractivity contribution in [3.63, 3.8) is 0 Å². The molecule has 0 aliphatic heterocycles. The summed E-state index contributed by atoms with van der Waals surface area (Å²) < 4.78 is 5.24. The van der Waals surface area contributed by atoms with Crippen molar-refractivity contribution in [2.24, 2.45) is 5.92 Å². The Morgan fingerprint density at radius 3 is 2.33 bits per heavy atom. The van der Waals surface area contributed by atoms with Crippen LogP contribution in [0, 0.1) is 5.92 Å². The number of benzene rings is 1. The molecule has 0 saturated heterocycles. The van der Waals surface area contributed by atoms with E-state index in [9.17, 15) is 14.7 Å². The summed E-state index contributed by atoms with van der Waals surface area (Å²) in [5.74, 6) is -1.63. The van der Waals surface area contributed by atoms with Gasteiger partial charge in [-0.3, -0.25) is 0 Å². The van der Waals surface area contributed by atoms with Gasteiger partial charge in [-0.1, -0.05) is 51.3 Å². The zero-order valence-corrected chi connectivity index (χ0v) is 15.1. The first kappa shape index (κ1) is 20.2. The van der Waals surface area contributed by atoms with E-state index in [0.717, 1.165) is 25.7 Å². The third-order valence-electron chi connectivity index (χ3n) is 3.36. The van der Waals surface area contributed by atoms with Crippen LogP contribution in [0.4, 0.5) is 0 Å². The largest absolute Gasteiger partial charge is 1.00 e. The van der Waals surface area contributed by atoms with Crippen LogP contribution in [-0.4, -0.2) is 18.5 Å². The van der Waals surface area contributed by atoms with Crippen molar-refractivity contribution >= 4 is 11.9 Å². The first-order chi connectivity index (χ1) is 9.60. The number of unbranched alkanes of at least 4 members (excludes halogenated alkanes) is 1. The average molecular weight is 300 g/mol. The monoisotopic (exact) mass is 300 g/mol. The second-order valence-electron chi connectivity index (χ2n) is 4.85. The summed E-state index contributed by atoms with van der Waals surface area (Å²) in [5, 5.41) is 10.9. The van der Waals surface area contributed by atoms with Gasteiger partial charge in [-0.15, -0.1) is 0 Å². The molecule has 0 aliphatic carbocycles. The van der Waals surface area contributed by atoms with E-state index >= 15 is 0 Å². The van der Waals surface area contributed by atoms with Gasteiger partial charge in [0.15, 0.2) is 0 Å². The molecule has 0 saturated carbocycles. The fraction of sp³-hybridized carbons (Fsp3) is 0.500. The second-order valence-corrected chi connectivity index (χ2v) is 4.85. The predicted octanol–water partition coefficient (Wildman–Crippen LogP) is -0.573. The van der Waals surface area contributed by atoms with Crippen molar-refractivity contribution in [1.82, 2.24) is 0 Å². The molecule has 1 aromatic rings. The molecule has 1 rings (SSSR count). The van der Waals surface area contributed by atoms with Gasteiger partial charge in [0, 0.05) is 5.56 Å². The van der Waals surface area contributed by atoms with E-state index in [1.807, 2.05) is 0 Å². The van der Waals surface area contributed by atoms with Crippen LogP contribution in [0.1, 0.15) is 60.2 Å². The quantitative estimate of drug-likeness (QED) is 0.476. The van der Waals surface area contributed by atoms with Crippen molar-refractivity contribution in [2.75, 3.05) is 6.61 Å². The van der Waals surface area contributed by atoms with Gasteiger partial charge in [0.25, 0.3) is 0 Å². The van der Waals surface area contributed by atoms with Crippen LogP contribution >= 0.6 is 0 Å². The Morgan fingerprint density at radius 1 is 1.19 bits per heavy atom. The Hall–Kier alpha value is -0.840. The Kier molecular flexibility index (Phi) is 10.4. The molecule has 0 aliphatic rings. The average Bonchev–Trinajstić information content (AvgIpc) is 2.47. The maximum atomic E-state index is 12.0. The molecular formula is C16H21NaO4. The van der Waals surface area contributed by atoms with E-state index in [0.29, 0.717) is 12.5 Å². The maximum Gasteiger partial charge on any atom is 1.00 e. The molecule has 21 heavy (non-hydrogen) atoms. The van der Waals surface area contributed by atoms with Gasteiger partial charge in [-0.2, -0.15) is 0 Å². The maximum absolute atomic E-state index is 12.0. The number of carbonyl (C=O) groups is 2. The summed E-state index contributed by atoms with van der Waals surface area (Å²) in [6.07, 6.45) is 4.17. The van der Waals surface area contributed by atoms with Crippen LogP contribution in [-0.2, 0) is 4.74 Å². The normalized spacial score (nSPS) is 11.3. The summed E-state index contributed by atoms with van der Waals surface area (Å²) in [7, 11) is 0. The van der Waals surface area contributed by atoms with E-state index in [-0.39, 0.29) is 40.7 Å². The molecular weight excluding hydrogens is 279 g/mol. The van der Waals surface area contributed by atoms with Crippen molar-refractivity contribution < 1.29 is 49.0 Å². The van der Waals surface area contributed by atoms with Crippen LogP contribution in [0.25, 0.3) is 0 Å². The number of carboxylic acids is 1. The molecule has 4 nitrogen and oxygen atoms in total. The van der Waals surface area contributed by atoms with E-state index in [1.54, 1.807) is 12.1 Å². The molecule has 0 heterocycles. The summed E-state index contributed by atoms with van der Waals surface area (Å²) in [4.78, 5) is 22.9. The van der Waals surface area contributed by atoms with Gasteiger partial charge in [-0.05, 0) is 18.4 Å². The van der Waals surface area contributed by atoms with Gasteiger partial charge < -0.3 is 14.6 Å². The van der Waals surface area contributed by atoms with Crippen LogP contribution in [0.15, 0.2) is 24.3 Å². The van der Waals surface area contributed by atoms with Crippen molar-refractivity contribution in [3.8, 4) is 0 Å². The van der Waals surface area contributed by atoms with Gasteiger partial charge >= 0.3 is 35.5 Å². The summed E-state index contributed by atoms with van der Waals surface area (Å²) >= 11 is 0. The molecule has 0 bridgehead atoms. The number of carbonyl (C=O) groups excluding carboxylic acids is 2. The minimum atomic E-state index is -1.37.